The molecule has 0 aliphatic carbocycles. The van der Waals surface area contributed by atoms with Crippen LogP contribution >= 0.6 is 0 Å². The van der Waals surface area contributed by atoms with Crippen LogP contribution in [0.5, 0.6) is 0 Å². The number of aryl methyl sites for hydroxylation is 1. The van der Waals surface area contributed by atoms with Gasteiger partial charge in [-0.1, -0.05) is 0 Å². The third kappa shape index (κ3) is 2.45. The summed E-state index contributed by atoms with van der Waals surface area (Å²) in [6, 6.07) is 0. The molecule has 0 spiro atoms. The van der Waals surface area contributed by atoms with Gasteiger partial charge in [0, 0.05) is 25.4 Å². The normalized spacial score (nSPS) is 19.3. The Morgan fingerprint density at radius 3 is 2.80 bits per heavy atom. The van der Waals surface area contributed by atoms with Crippen LogP contribution in [0.15, 0.2) is 12.4 Å². The Kier molecular flexibility index (Phi) is 3.16. The van der Waals surface area contributed by atoms with Crippen molar-refractivity contribution in [1.82, 2.24) is 14.5 Å². The van der Waals surface area contributed by atoms with Gasteiger partial charge < -0.3 is 9.36 Å². The molecule has 0 atom stereocenters. The van der Waals surface area contributed by atoms with E-state index in [0.717, 1.165) is 44.6 Å². The van der Waals surface area contributed by atoms with Crippen LogP contribution in [0, 0.1) is 5.92 Å². The van der Waals surface area contributed by atoms with Crippen molar-refractivity contribution in [3.8, 4) is 0 Å². The summed E-state index contributed by atoms with van der Waals surface area (Å²) in [5.41, 5.74) is 0. The summed E-state index contributed by atoms with van der Waals surface area (Å²) in [5, 5.41) is 0. The Balaban J connectivity index is 1.87. The summed E-state index contributed by atoms with van der Waals surface area (Å²) in [7, 11) is 2.01. The fourth-order valence-corrected chi connectivity index (χ4v) is 2.00. The van der Waals surface area contributed by atoms with Gasteiger partial charge in [0.15, 0.2) is 0 Å². The maximum atomic E-state index is 10.6. The molecule has 2 rings (SSSR count). The van der Waals surface area contributed by atoms with E-state index in [1.165, 1.54) is 0 Å². The van der Waals surface area contributed by atoms with E-state index in [4.69, 9.17) is 0 Å². The minimum absolute atomic E-state index is 0.280. The molecule has 0 bridgehead atoms. The molecule has 1 aliphatic rings. The number of hydrogen-bond donors (Lipinski definition) is 0. The highest BCUT2D eigenvalue weighted by atomic mass is 16.1. The van der Waals surface area contributed by atoms with Crippen LogP contribution in [-0.2, 0) is 18.4 Å². The highest BCUT2D eigenvalue weighted by molar-refractivity contribution is 5.53. The van der Waals surface area contributed by atoms with Gasteiger partial charge in [-0.2, -0.15) is 0 Å². The molecule has 4 nitrogen and oxygen atoms in total. The largest absolute Gasteiger partial charge is 0.337 e. The highest BCUT2D eigenvalue weighted by Crippen LogP contribution is 2.16. The number of piperidine rings is 1. The van der Waals surface area contributed by atoms with Gasteiger partial charge in [-0.25, -0.2) is 4.98 Å². The second kappa shape index (κ2) is 4.57. The van der Waals surface area contributed by atoms with Crippen molar-refractivity contribution < 1.29 is 4.79 Å². The lowest BCUT2D eigenvalue weighted by molar-refractivity contribution is -0.112. The van der Waals surface area contributed by atoms with Crippen molar-refractivity contribution in [2.24, 2.45) is 13.0 Å². The lowest BCUT2D eigenvalue weighted by Crippen LogP contribution is -2.34. The van der Waals surface area contributed by atoms with Crippen LogP contribution in [0.3, 0.4) is 0 Å². The van der Waals surface area contributed by atoms with Crippen molar-refractivity contribution in [3.05, 3.63) is 18.2 Å². The fourth-order valence-electron chi connectivity index (χ4n) is 2.00. The van der Waals surface area contributed by atoms with Gasteiger partial charge in [-0.15, -0.1) is 0 Å². The Morgan fingerprint density at radius 2 is 2.27 bits per heavy atom. The lowest BCUT2D eigenvalue weighted by atomic mass is 9.99. The number of imidazole rings is 1. The molecule has 0 unspecified atom stereocenters. The lowest BCUT2D eigenvalue weighted by Gasteiger charge is -2.29. The number of aldehydes is 1. The van der Waals surface area contributed by atoms with E-state index in [9.17, 15) is 4.79 Å². The number of carbonyl (C=O) groups excluding carboxylic acids is 1. The molecule has 1 fully saturated rings. The SMILES string of the molecule is Cn1ccnc1CN1CCC(C=O)CC1. The van der Waals surface area contributed by atoms with E-state index < -0.39 is 0 Å². The molecule has 1 aromatic rings. The number of rotatable bonds is 3. The molecule has 4 heteroatoms. The third-order valence-corrected chi connectivity index (χ3v) is 3.11. The second-order valence-corrected chi connectivity index (χ2v) is 4.20. The van der Waals surface area contributed by atoms with Crippen molar-refractivity contribution in [2.75, 3.05) is 13.1 Å². The minimum Gasteiger partial charge on any atom is -0.337 e. The standard InChI is InChI=1S/C11H17N3O/c1-13-7-4-12-11(13)8-14-5-2-10(9-15)3-6-14/h4,7,9-10H,2-3,5-6,8H2,1H3. The Hall–Kier alpha value is -1.16. The van der Waals surface area contributed by atoms with Crippen LogP contribution in [0.2, 0.25) is 0 Å². The third-order valence-electron chi connectivity index (χ3n) is 3.11. The predicted octanol–water partition coefficient (Wildman–Crippen LogP) is 0.831. The number of nitrogens with zero attached hydrogens (tertiary/aromatic N) is 3. The van der Waals surface area contributed by atoms with E-state index in [-0.39, 0.29) is 5.92 Å². The van der Waals surface area contributed by atoms with Crippen LogP contribution in [0.4, 0.5) is 0 Å². The number of likely N-dealkylation sites (tertiary alicyclic amines) is 1. The van der Waals surface area contributed by atoms with Crippen molar-refractivity contribution in [3.63, 3.8) is 0 Å². The first-order chi connectivity index (χ1) is 7.29. The Morgan fingerprint density at radius 1 is 1.53 bits per heavy atom. The van der Waals surface area contributed by atoms with Gasteiger partial charge in [0.2, 0.25) is 0 Å². The molecule has 2 heterocycles. The molecular formula is C11H17N3O. The van der Waals surface area contributed by atoms with Gasteiger partial charge in [-0.3, -0.25) is 4.90 Å². The first-order valence-corrected chi connectivity index (χ1v) is 5.43. The predicted molar refractivity (Wildman–Crippen MR) is 57.3 cm³/mol. The van der Waals surface area contributed by atoms with Crippen LogP contribution in [0.25, 0.3) is 0 Å². The Labute approximate surface area is 89.9 Å². The summed E-state index contributed by atoms with van der Waals surface area (Å²) in [6.45, 7) is 2.92. The molecule has 1 aliphatic heterocycles. The van der Waals surface area contributed by atoms with Crippen LogP contribution in [0.1, 0.15) is 18.7 Å². The average molecular weight is 207 g/mol. The van der Waals surface area contributed by atoms with E-state index in [0.29, 0.717) is 0 Å². The summed E-state index contributed by atoms with van der Waals surface area (Å²) in [5.74, 6) is 1.38. The zero-order valence-corrected chi connectivity index (χ0v) is 9.09. The number of carbonyl (C=O) groups is 1. The molecule has 82 valence electrons. The smallest absolute Gasteiger partial charge is 0.123 e. The van der Waals surface area contributed by atoms with Gasteiger partial charge in [-0.05, 0) is 25.9 Å². The molecule has 1 saturated heterocycles. The van der Waals surface area contributed by atoms with Crippen LogP contribution < -0.4 is 0 Å². The van der Waals surface area contributed by atoms with Crippen molar-refractivity contribution >= 4 is 6.29 Å². The zero-order valence-electron chi connectivity index (χ0n) is 9.09. The van der Waals surface area contributed by atoms with Crippen molar-refractivity contribution in [2.45, 2.75) is 19.4 Å². The molecule has 15 heavy (non-hydrogen) atoms. The molecule has 0 radical (unpaired) electrons. The first-order valence-electron chi connectivity index (χ1n) is 5.43. The number of aromatic nitrogens is 2. The monoisotopic (exact) mass is 207 g/mol. The van der Waals surface area contributed by atoms with E-state index >= 15 is 0 Å². The van der Waals surface area contributed by atoms with Crippen LogP contribution in [-0.4, -0.2) is 33.8 Å². The zero-order chi connectivity index (χ0) is 10.7. The van der Waals surface area contributed by atoms with Gasteiger partial charge >= 0.3 is 0 Å². The summed E-state index contributed by atoms with van der Waals surface area (Å²) >= 11 is 0. The molecular weight excluding hydrogens is 190 g/mol. The second-order valence-electron chi connectivity index (χ2n) is 4.20. The van der Waals surface area contributed by atoms with E-state index in [1.807, 2.05) is 24.0 Å². The molecule has 0 saturated carbocycles. The van der Waals surface area contributed by atoms with E-state index in [1.54, 1.807) is 0 Å². The fraction of sp³-hybridized carbons (Fsp3) is 0.636. The molecule has 1 aromatic heterocycles. The summed E-state index contributed by atoms with van der Waals surface area (Å²) < 4.78 is 2.05. The topological polar surface area (TPSA) is 38.1 Å². The quantitative estimate of drug-likeness (QED) is 0.689. The highest BCUT2D eigenvalue weighted by Gasteiger charge is 2.19. The van der Waals surface area contributed by atoms with Gasteiger partial charge in [0.25, 0.3) is 0 Å². The summed E-state index contributed by atoms with van der Waals surface area (Å²) in [4.78, 5) is 17.3. The maximum Gasteiger partial charge on any atom is 0.123 e. The maximum absolute atomic E-state index is 10.6. The first kappa shape index (κ1) is 10.4. The summed E-state index contributed by atoms with van der Waals surface area (Å²) in [6.07, 6.45) is 6.88. The van der Waals surface area contributed by atoms with Crippen molar-refractivity contribution in [1.29, 1.82) is 0 Å². The Bertz CT molecular complexity index is 326. The van der Waals surface area contributed by atoms with Gasteiger partial charge in [0.1, 0.15) is 12.1 Å². The average Bonchev–Trinajstić information content (AvgIpc) is 2.66. The molecule has 0 amide bonds. The molecule has 0 aromatic carbocycles. The van der Waals surface area contributed by atoms with E-state index in [2.05, 4.69) is 9.88 Å². The minimum atomic E-state index is 0.280. The molecule has 0 N–H and O–H groups in total. The van der Waals surface area contributed by atoms with Gasteiger partial charge in [0.05, 0.1) is 6.54 Å². The number of hydrogen-bond acceptors (Lipinski definition) is 3.